The van der Waals surface area contributed by atoms with Crippen molar-refractivity contribution >= 4 is 22.6 Å². The highest BCUT2D eigenvalue weighted by atomic mass is 127. The molecule has 1 aliphatic rings. The molecule has 1 saturated carbocycles. The molecule has 0 amide bonds. The van der Waals surface area contributed by atoms with Crippen LogP contribution in [0.25, 0.3) is 0 Å². The highest BCUT2D eigenvalue weighted by Crippen LogP contribution is 2.30. The van der Waals surface area contributed by atoms with E-state index >= 15 is 0 Å². The first-order valence-corrected chi connectivity index (χ1v) is 6.45. The molecule has 0 radical (unpaired) electrons. The van der Waals surface area contributed by atoms with Crippen LogP contribution in [0.15, 0.2) is 12.4 Å². The lowest BCUT2D eigenvalue weighted by Crippen LogP contribution is -1.99. The van der Waals surface area contributed by atoms with E-state index in [-0.39, 0.29) is 0 Å². The van der Waals surface area contributed by atoms with Crippen molar-refractivity contribution in [2.75, 3.05) is 0 Å². The predicted octanol–water partition coefficient (Wildman–Crippen LogP) is 1.61. The number of halogens is 1. The number of aromatic amines is 1. The van der Waals surface area contributed by atoms with E-state index in [1.807, 2.05) is 10.9 Å². The Morgan fingerprint density at radius 1 is 1.44 bits per heavy atom. The summed E-state index contributed by atoms with van der Waals surface area (Å²) < 4.78 is 2.98. The zero-order chi connectivity index (χ0) is 11.0. The molecule has 2 aromatic rings. The van der Waals surface area contributed by atoms with Gasteiger partial charge in [-0.25, -0.2) is 0 Å². The number of H-pyrrole nitrogens is 1. The Kier molecular flexibility index (Phi) is 2.66. The molecule has 0 unspecified atom stereocenters. The van der Waals surface area contributed by atoms with Crippen LogP contribution in [-0.4, -0.2) is 25.2 Å². The van der Waals surface area contributed by atoms with Gasteiger partial charge in [0.05, 0.1) is 6.20 Å². The molecule has 0 atom stereocenters. The van der Waals surface area contributed by atoms with E-state index in [9.17, 15) is 0 Å². The van der Waals surface area contributed by atoms with Gasteiger partial charge in [-0.15, -0.1) is 5.10 Å². The average Bonchev–Trinajstić information content (AvgIpc) is 2.82. The molecular weight excluding hydrogens is 317 g/mol. The first-order valence-electron chi connectivity index (χ1n) is 5.38. The molecule has 2 aromatic heterocycles. The summed E-state index contributed by atoms with van der Waals surface area (Å²) >= 11 is 2.19. The van der Waals surface area contributed by atoms with Crippen LogP contribution in [0.4, 0.5) is 0 Å². The molecule has 0 spiro atoms. The van der Waals surface area contributed by atoms with Crippen LogP contribution in [0.3, 0.4) is 0 Å². The first-order chi connectivity index (χ1) is 7.81. The SMILES string of the molecule is Ic1n[nH]nc1Cc1cnn(CC2CC2)c1. The third-order valence-electron chi connectivity index (χ3n) is 2.77. The minimum atomic E-state index is 0.805. The van der Waals surface area contributed by atoms with E-state index in [0.717, 1.165) is 28.3 Å². The highest BCUT2D eigenvalue weighted by molar-refractivity contribution is 14.1. The maximum Gasteiger partial charge on any atom is 0.146 e. The van der Waals surface area contributed by atoms with E-state index in [4.69, 9.17) is 0 Å². The van der Waals surface area contributed by atoms with Gasteiger partial charge in [-0.1, -0.05) is 0 Å². The minimum absolute atomic E-state index is 0.805. The summed E-state index contributed by atoms with van der Waals surface area (Å²) in [5, 5.41) is 15.1. The van der Waals surface area contributed by atoms with Gasteiger partial charge in [0.15, 0.2) is 0 Å². The minimum Gasteiger partial charge on any atom is -0.272 e. The molecule has 0 aliphatic heterocycles. The van der Waals surface area contributed by atoms with Gasteiger partial charge in [0.1, 0.15) is 9.39 Å². The number of hydrogen-bond donors (Lipinski definition) is 1. The fourth-order valence-electron chi connectivity index (χ4n) is 1.71. The van der Waals surface area contributed by atoms with Crippen LogP contribution in [0.1, 0.15) is 24.1 Å². The third-order valence-corrected chi connectivity index (χ3v) is 3.64. The van der Waals surface area contributed by atoms with Crippen molar-refractivity contribution in [3.8, 4) is 0 Å². The number of aromatic nitrogens is 5. The predicted molar refractivity (Wildman–Crippen MR) is 66.9 cm³/mol. The van der Waals surface area contributed by atoms with Gasteiger partial charge in [0.2, 0.25) is 0 Å². The zero-order valence-electron chi connectivity index (χ0n) is 8.73. The summed E-state index contributed by atoms with van der Waals surface area (Å²) in [7, 11) is 0. The van der Waals surface area contributed by atoms with E-state index in [2.05, 4.69) is 49.3 Å². The number of nitrogens with zero attached hydrogens (tertiary/aromatic N) is 4. The molecule has 1 aliphatic carbocycles. The maximum absolute atomic E-state index is 4.36. The Hall–Kier alpha value is -0.920. The summed E-state index contributed by atoms with van der Waals surface area (Å²) in [6.07, 6.45) is 7.56. The fourth-order valence-corrected chi connectivity index (χ4v) is 2.13. The normalized spacial score (nSPS) is 15.6. The van der Waals surface area contributed by atoms with Crippen molar-refractivity contribution in [1.82, 2.24) is 25.2 Å². The molecule has 16 heavy (non-hydrogen) atoms. The van der Waals surface area contributed by atoms with Gasteiger partial charge in [-0.2, -0.15) is 15.4 Å². The van der Waals surface area contributed by atoms with Gasteiger partial charge in [-0.3, -0.25) is 4.68 Å². The highest BCUT2D eigenvalue weighted by Gasteiger charge is 2.22. The second-order valence-electron chi connectivity index (χ2n) is 4.25. The Bertz CT molecular complexity index is 485. The maximum atomic E-state index is 4.36. The smallest absolute Gasteiger partial charge is 0.146 e. The van der Waals surface area contributed by atoms with E-state index < -0.39 is 0 Å². The van der Waals surface area contributed by atoms with Gasteiger partial charge in [0, 0.05) is 19.2 Å². The van der Waals surface area contributed by atoms with Crippen LogP contribution >= 0.6 is 22.6 Å². The second kappa shape index (κ2) is 4.15. The summed E-state index contributed by atoms with van der Waals surface area (Å²) in [6.45, 7) is 1.07. The van der Waals surface area contributed by atoms with Crippen molar-refractivity contribution in [1.29, 1.82) is 0 Å². The largest absolute Gasteiger partial charge is 0.272 e. The summed E-state index contributed by atoms with van der Waals surface area (Å²) in [4.78, 5) is 0. The van der Waals surface area contributed by atoms with E-state index in [1.54, 1.807) is 0 Å². The molecule has 1 N–H and O–H groups in total. The van der Waals surface area contributed by atoms with Gasteiger partial charge in [0.25, 0.3) is 0 Å². The van der Waals surface area contributed by atoms with Crippen LogP contribution < -0.4 is 0 Å². The van der Waals surface area contributed by atoms with E-state index in [0.29, 0.717) is 0 Å². The topological polar surface area (TPSA) is 59.4 Å². The Balaban J connectivity index is 1.70. The number of hydrogen-bond acceptors (Lipinski definition) is 3. The van der Waals surface area contributed by atoms with Crippen LogP contribution in [0.5, 0.6) is 0 Å². The number of nitrogens with one attached hydrogen (secondary N) is 1. The van der Waals surface area contributed by atoms with Crippen molar-refractivity contribution in [3.63, 3.8) is 0 Å². The van der Waals surface area contributed by atoms with Crippen molar-refractivity contribution in [2.24, 2.45) is 5.92 Å². The first kappa shape index (κ1) is 10.2. The van der Waals surface area contributed by atoms with Crippen molar-refractivity contribution in [3.05, 3.63) is 27.4 Å². The monoisotopic (exact) mass is 329 g/mol. The van der Waals surface area contributed by atoms with Crippen LogP contribution in [-0.2, 0) is 13.0 Å². The van der Waals surface area contributed by atoms with Crippen molar-refractivity contribution in [2.45, 2.75) is 25.8 Å². The third kappa shape index (κ3) is 2.26. The average molecular weight is 329 g/mol. The molecule has 0 aromatic carbocycles. The standard InChI is InChI=1S/C10H12IN5/c11-10-9(13-15-14-10)3-8-4-12-16(6-8)5-7-1-2-7/h4,6-7H,1-3,5H2,(H,13,14,15). The molecule has 0 bridgehead atoms. The summed E-state index contributed by atoms with van der Waals surface area (Å²) in [5.74, 6) is 0.861. The lowest BCUT2D eigenvalue weighted by Gasteiger charge is -1.96. The molecular formula is C10H12IN5. The second-order valence-corrected chi connectivity index (χ2v) is 5.27. The van der Waals surface area contributed by atoms with Gasteiger partial charge >= 0.3 is 0 Å². The molecule has 0 saturated heterocycles. The molecule has 2 heterocycles. The molecule has 3 rings (SSSR count). The summed E-state index contributed by atoms with van der Waals surface area (Å²) in [6, 6.07) is 0. The molecule has 5 nitrogen and oxygen atoms in total. The Morgan fingerprint density at radius 2 is 2.31 bits per heavy atom. The number of rotatable bonds is 4. The summed E-state index contributed by atoms with van der Waals surface area (Å²) in [5.41, 5.74) is 2.19. The van der Waals surface area contributed by atoms with Gasteiger partial charge in [-0.05, 0) is 46.9 Å². The lowest BCUT2D eigenvalue weighted by atomic mass is 10.2. The fraction of sp³-hybridized carbons (Fsp3) is 0.500. The molecule has 1 fully saturated rings. The lowest BCUT2D eigenvalue weighted by molar-refractivity contribution is 0.563. The van der Waals surface area contributed by atoms with Gasteiger partial charge < -0.3 is 0 Å². The van der Waals surface area contributed by atoms with Crippen LogP contribution in [0, 0.1) is 9.62 Å². The quantitative estimate of drug-likeness (QED) is 0.867. The van der Waals surface area contributed by atoms with Crippen LogP contribution in [0.2, 0.25) is 0 Å². The van der Waals surface area contributed by atoms with Crippen molar-refractivity contribution < 1.29 is 0 Å². The van der Waals surface area contributed by atoms with E-state index in [1.165, 1.54) is 18.4 Å². The zero-order valence-corrected chi connectivity index (χ0v) is 10.9. The Morgan fingerprint density at radius 3 is 3.00 bits per heavy atom. The Labute approximate surface area is 107 Å². The molecule has 6 heteroatoms. The molecule has 84 valence electrons.